The van der Waals surface area contributed by atoms with Crippen molar-refractivity contribution in [1.29, 1.82) is 0 Å². The van der Waals surface area contributed by atoms with Gasteiger partial charge in [0.25, 0.3) is 0 Å². The Morgan fingerprint density at radius 1 is 1.33 bits per heavy atom. The molecule has 12 heavy (non-hydrogen) atoms. The van der Waals surface area contributed by atoms with E-state index in [9.17, 15) is 4.79 Å². The second-order valence-electron chi connectivity index (χ2n) is 3.93. The molecule has 3 heteroatoms. The Morgan fingerprint density at radius 3 is 2.83 bits per heavy atom. The summed E-state index contributed by atoms with van der Waals surface area (Å²) in [5.74, 6) is -0.729. The van der Waals surface area contributed by atoms with Crippen molar-refractivity contribution in [2.75, 3.05) is 0 Å². The van der Waals surface area contributed by atoms with Crippen molar-refractivity contribution >= 4 is 5.97 Å². The molecule has 2 heterocycles. The van der Waals surface area contributed by atoms with E-state index >= 15 is 0 Å². The third-order valence-corrected chi connectivity index (χ3v) is 3.11. The van der Waals surface area contributed by atoms with Gasteiger partial charge in [-0.25, -0.2) is 0 Å². The molecule has 0 saturated carbocycles. The summed E-state index contributed by atoms with van der Waals surface area (Å²) in [7, 11) is 0. The molecule has 3 atom stereocenters. The fraction of sp³-hybridized carbons (Fsp3) is 0.889. The highest BCUT2D eigenvalue weighted by Gasteiger charge is 2.38. The predicted octanol–water partition coefficient (Wildman–Crippen LogP) is 0.992. The van der Waals surface area contributed by atoms with Crippen LogP contribution in [-0.4, -0.2) is 23.2 Å². The van der Waals surface area contributed by atoms with Crippen LogP contribution in [0.3, 0.4) is 0 Å². The lowest BCUT2D eigenvalue weighted by molar-refractivity contribution is -0.142. The van der Waals surface area contributed by atoms with Crippen molar-refractivity contribution in [2.24, 2.45) is 5.92 Å². The maximum absolute atomic E-state index is 10.8. The molecule has 0 spiro atoms. The van der Waals surface area contributed by atoms with Crippen molar-refractivity contribution in [3.05, 3.63) is 0 Å². The normalized spacial score (nSPS) is 40.8. The van der Waals surface area contributed by atoms with E-state index in [1.165, 1.54) is 19.3 Å². The van der Waals surface area contributed by atoms with Crippen LogP contribution in [0.2, 0.25) is 0 Å². The van der Waals surface area contributed by atoms with Gasteiger partial charge in [0.1, 0.15) is 0 Å². The highest BCUT2D eigenvalue weighted by atomic mass is 16.4. The molecule has 68 valence electrons. The minimum Gasteiger partial charge on any atom is -0.481 e. The van der Waals surface area contributed by atoms with E-state index in [0.29, 0.717) is 6.04 Å². The number of hydrogen-bond donors (Lipinski definition) is 2. The Balaban J connectivity index is 2.06. The van der Waals surface area contributed by atoms with Gasteiger partial charge in [-0.2, -0.15) is 0 Å². The van der Waals surface area contributed by atoms with Crippen molar-refractivity contribution < 1.29 is 9.90 Å². The number of rotatable bonds is 1. The minimum absolute atomic E-state index is 0.115. The minimum atomic E-state index is -0.614. The number of carboxylic acids is 1. The van der Waals surface area contributed by atoms with Gasteiger partial charge in [-0.15, -0.1) is 0 Å². The summed E-state index contributed by atoms with van der Waals surface area (Å²) in [6.45, 7) is 0. The zero-order valence-corrected chi connectivity index (χ0v) is 7.12. The van der Waals surface area contributed by atoms with Gasteiger partial charge in [0.15, 0.2) is 0 Å². The molecule has 2 aliphatic heterocycles. The first-order chi connectivity index (χ1) is 5.77. The molecular weight excluding hydrogens is 154 g/mol. The van der Waals surface area contributed by atoms with Crippen LogP contribution in [0.4, 0.5) is 0 Å². The molecule has 2 rings (SSSR count). The number of carbonyl (C=O) groups is 1. The van der Waals surface area contributed by atoms with Gasteiger partial charge in [-0.3, -0.25) is 4.79 Å². The van der Waals surface area contributed by atoms with E-state index in [1.807, 2.05) is 0 Å². The van der Waals surface area contributed by atoms with Crippen molar-refractivity contribution in [3.8, 4) is 0 Å². The van der Waals surface area contributed by atoms with E-state index in [4.69, 9.17) is 5.11 Å². The zero-order valence-electron chi connectivity index (χ0n) is 7.12. The topological polar surface area (TPSA) is 49.3 Å². The summed E-state index contributed by atoms with van der Waals surface area (Å²) in [6.07, 6.45) is 5.52. The molecule has 0 aliphatic carbocycles. The van der Waals surface area contributed by atoms with E-state index in [-0.39, 0.29) is 12.0 Å². The largest absolute Gasteiger partial charge is 0.481 e. The van der Waals surface area contributed by atoms with Crippen molar-refractivity contribution in [1.82, 2.24) is 5.32 Å². The first-order valence-electron chi connectivity index (χ1n) is 4.76. The zero-order chi connectivity index (χ0) is 8.55. The van der Waals surface area contributed by atoms with Crippen LogP contribution in [0.5, 0.6) is 0 Å². The highest BCUT2D eigenvalue weighted by Crippen LogP contribution is 2.30. The molecular formula is C9H15NO2. The van der Waals surface area contributed by atoms with Crippen LogP contribution >= 0.6 is 0 Å². The number of fused-ring (bicyclic) bond motifs is 2. The number of aliphatic carboxylic acids is 1. The standard InChI is InChI=1S/C9H15NO2/c11-9(12)7-5-6-3-1-2-4-8(7)10-6/h6-8,10H,1-5H2,(H,11,12)/t6-,7-,8+/m0/s1. The summed E-state index contributed by atoms with van der Waals surface area (Å²) >= 11 is 0. The summed E-state index contributed by atoms with van der Waals surface area (Å²) in [5.41, 5.74) is 0. The summed E-state index contributed by atoms with van der Waals surface area (Å²) in [6, 6.07) is 0.744. The molecule has 2 aliphatic rings. The van der Waals surface area contributed by atoms with Gasteiger partial charge in [-0.1, -0.05) is 12.8 Å². The van der Waals surface area contributed by atoms with E-state index in [2.05, 4.69) is 5.32 Å². The Bertz CT molecular complexity index is 193. The van der Waals surface area contributed by atoms with E-state index in [0.717, 1.165) is 12.8 Å². The van der Waals surface area contributed by atoms with Crippen molar-refractivity contribution in [2.45, 2.75) is 44.2 Å². The lowest BCUT2D eigenvalue weighted by Gasteiger charge is -2.14. The Kier molecular flexibility index (Phi) is 2.05. The SMILES string of the molecule is O=C(O)[C@H]1C[C@@H]2CCCC[C@H]1N2. The third-order valence-electron chi connectivity index (χ3n) is 3.11. The van der Waals surface area contributed by atoms with Crippen LogP contribution in [-0.2, 0) is 4.79 Å². The van der Waals surface area contributed by atoms with E-state index < -0.39 is 5.97 Å². The van der Waals surface area contributed by atoms with Crippen LogP contribution < -0.4 is 5.32 Å². The fourth-order valence-electron chi connectivity index (χ4n) is 2.47. The van der Waals surface area contributed by atoms with Crippen molar-refractivity contribution in [3.63, 3.8) is 0 Å². The Morgan fingerprint density at radius 2 is 2.08 bits per heavy atom. The van der Waals surface area contributed by atoms with Crippen LogP contribution in [0.1, 0.15) is 32.1 Å². The molecule has 2 bridgehead atoms. The predicted molar refractivity (Wildman–Crippen MR) is 44.9 cm³/mol. The maximum atomic E-state index is 10.8. The van der Waals surface area contributed by atoms with Crippen LogP contribution in [0, 0.1) is 5.92 Å². The first kappa shape index (κ1) is 8.05. The van der Waals surface area contributed by atoms with Crippen LogP contribution in [0.15, 0.2) is 0 Å². The monoisotopic (exact) mass is 169 g/mol. The van der Waals surface area contributed by atoms with Gasteiger partial charge >= 0.3 is 5.97 Å². The molecule has 0 aromatic carbocycles. The van der Waals surface area contributed by atoms with Gasteiger partial charge in [0, 0.05) is 12.1 Å². The summed E-state index contributed by atoms with van der Waals surface area (Å²) in [4.78, 5) is 10.8. The van der Waals surface area contributed by atoms with Gasteiger partial charge in [0.05, 0.1) is 5.92 Å². The van der Waals surface area contributed by atoms with Gasteiger partial charge in [0.2, 0.25) is 0 Å². The first-order valence-corrected chi connectivity index (χ1v) is 4.76. The average molecular weight is 169 g/mol. The van der Waals surface area contributed by atoms with Gasteiger partial charge < -0.3 is 10.4 Å². The van der Waals surface area contributed by atoms with Crippen LogP contribution in [0.25, 0.3) is 0 Å². The fourth-order valence-corrected chi connectivity index (χ4v) is 2.47. The highest BCUT2D eigenvalue weighted by molar-refractivity contribution is 5.71. The molecule has 0 unspecified atom stereocenters. The molecule has 3 nitrogen and oxygen atoms in total. The number of nitrogens with one attached hydrogen (secondary N) is 1. The molecule has 2 fully saturated rings. The molecule has 0 aromatic heterocycles. The molecule has 2 saturated heterocycles. The number of carboxylic acid groups (broad SMARTS) is 1. The quantitative estimate of drug-likeness (QED) is 0.615. The van der Waals surface area contributed by atoms with E-state index in [1.54, 1.807) is 0 Å². The summed E-state index contributed by atoms with van der Waals surface area (Å²) in [5, 5.41) is 12.3. The lowest BCUT2D eigenvalue weighted by atomic mass is 9.91. The third kappa shape index (κ3) is 1.33. The molecule has 0 amide bonds. The lowest BCUT2D eigenvalue weighted by Crippen LogP contribution is -2.32. The Hall–Kier alpha value is -0.570. The van der Waals surface area contributed by atoms with Gasteiger partial charge in [-0.05, 0) is 19.3 Å². The second-order valence-corrected chi connectivity index (χ2v) is 3.93. The average Bonchev–Trinajstić information content (AvgIpc) is 2.23. The Labute approximate surface area is 72.2 Å². The molecule has 2 N–H and O–H groups in total. The maximum Gasteiger partial charge on any atom is 0.308 e. The molecule has 0 aromatic rings. The summed E-state index contributed by atoms with van der Waals surface area (Å²) < 4.78 is 0. The second kappa shape index (κ2) is 3.05. The molecule has 0 radical (unpaired) electrons. The number of hydrogen-bond acceptors (Lipinski definition) is 2. The smallest absolute Gasteiger partial charge is 0.308 e.